The van der Waals surface area contributed by atoms with Crippen molar-refractivity contribution < 1.29 is 4.49 Å². The van der Waals surface area contributed by atoms with Crippen molar-refractivity contribution >= 4 is 40.4 Å². The fourth-order valence-corrected chi connectivity index (χ4v) is 12.4. The standard InChI is InChI=1S/C59H53BN2/c1-9-40-34(5)54(61-36(40)7)33-55-35(6)41(10-2)37(8)62(55)60(53-32-31-50-47-26-16-22-39-21-15-25-46(57(39)47)49-27-17-29-51(53)59(49)50)52-30-18-28-48-45-24-14-20-38-19-13-23-44(56(38)45)42(11-3)58(48)43(52)12-4/h11-18,20,22-27,29-33,45,47H,4,9-10,19,21H2,1-3,5-8H3/p+1/b42-11-. The van der Waals surface area contributed by atoms with E-state index in [9.17, 15) is 0 Å². The number of fused-ring (bicyclic) bond motifs is 4. The number of nitrogens with one attached hydrogen (secondary N) is 1. The molecule has 0 fully saturated rings. The van der Waals surface area contributed by atoms with Crippen LogP contribution in [0.25, 0.3) is 22.4 Å². The van der Waals surface area contributed by atoms with Crippen molar-refractivity contribution in [2.75, 3.05) is 0 Å². The van der Waals surface area contributed by atoms with Gasteiger partial charge in [0.1, 0.15) is 0 Å². The van der Waals surface area contributed by atoms with Crippen LogP contribution in [-0.2, 0) is 6.42 Å². The number of nitrogens with zero attached hydrogens (tertiary/aromatic N) is 1. The molecule has 2 aromatic carbocycles. The van der Waals surface area contributed by atoms with Crippen molar-refractivity contribution in [1.29, 1.82) is 0 Å². The Balaban J connectivity index is 1.22. The Morgan fingerprint density at radius 3 is 2.34 bits per heavy atom. The van der Waals surface area contributed by atoms with Gasteiger partial charge in [0.15, 0.2) is 11.4 Å². The summed E-state index contributed by atoms with van der Waals surface area (Å²) in [5.74, 6) is 0.376. The topological polar surface area (TPSA) is 18.8 Å². The molecular formula is C59H54BN2+. The van der Waals surface area contributed by atoms with E-state index in [0.29, 0.717) is 0 Å². The third-order valence-electron chi connectivity index (χ3n) is 15.1. The second-order valence-electron chi connectivity index (χ2n) is 18.0. The predicted octanol–water partition coefficient (Wildman–Crippen LogP) is 13.5. The lowest BCUT2D eigenvalue weighted by molar-refractivity contribution is -0.315. The van der Waals surface area contributed by atoms with E-state index in [1.54, 1.807) is 0 Å². The van der Waals surface area contributed by atoms with Crippen LogP contribution in [0, 0.1) is 19.8 Å². The normalized spacial score (nSPS) is 23.0. The van der Waals surface area contributed by atoms with Crippen LogP contribution < -0.4 is 5.46 Å². The molecule has 8 aliphatic rings. The molecule has 0 saturated heterocycles. The van der Waals surface area contributed by atoms with Gasteiger partial charge in [0.05, 0.1) is 0 Å². The van der Waals surface area contributed by atoms with Gasteiger partial charge in [0.2, 0.25) is 0 Å². The molecule has 2 atom stereocenters. The second kappa shape index (κ2) is 14.6. The molecule has 0 bridgehead atoms. The first kappa shape index (κ1) is 38.5. The van der Waals surface area contributed by atoms with Crippen molar-refractivity contribution in [1.82, 2.24) is 4.98 Å². The maximum atomic E-state index is 4.67. The Labute approximate surface area is 368 Å². The van der Waals surface area contributed by atoms with E-state index < -0.39 is 0 Å². The van der Waals surface area contributed by atoms with Gasteiger partial charge in [0.25, 0.3) is 0 Å². The van der Waals surface area contributed by atoms with E-state index in [-0.39, 0.29) is 18.7 Å². The minimum atomic E-state index is -0.188. The second-order valence-corrected chi connectivity index (χ2v) is 18.0. The number of aromatic amines is 1. The van der Waals surface area contributed by atoms with Crippen LogP contribution >= 0.6 is 0 Å². The summed E-state index contributed by atoms with van der Waals surface area (Å²) in [5.41, 5.74) is 33.1. The lowest BCUT2D eigenvalue weighted by atomic mass is 9.45. The van der Waals surface area contributed by atoms with Gasteiger partial charge in [-0.25, -0.2) is 0 Å². The minimum absolute atomic E-state index is 0.137. The smallest absolute Gasteiger partial charge is 0.358 e. The summed E-state index contributed by atoms with van der Waals surface area (Å²) in [7, 11) is 0. The van der Waals surface area contributed by atoms with Gasteiger partial charge in [-0.05, 0) is 137 Å². The Kier molecular flexibility index (Phi) is 9.08. The fourth-order valence-electron chi connectivity index (χ4n) is 12.4. The van der Waals surface area contributed by atoms with E-state index in [1.807, 2.05) is 0 Å². The Hall–Kier alpha value is -6.41. The Morgan fingerprint density at radius 2 is 1.63 bits per heavy atom. The molecule has 11 rings (SSSR count). The van der Waals surface area contributed by atoms with Crippen molar-refractivity contribution in [3.05, 3.63) is 234 Å². The Morgan fingerprint density at radius 1 is 0.887 bits per heavy atom. The number of aryl methyl sites for hydroxylation is 1. The zero-order valence-electron chi connectivity index (χ0n) is 37.3. The van der Waals surface area contributed by atoms with Crippen LogP contribution in [0.3, 0.4) is 0 Å². The first-order chi connectivity index (χ1) is 30.3. The number of allylic oxidation sites excluding steroid dienone is 26. The van der Waals surface area contributed by atoms with Crippen LogP contribution in [0.1, 0.15) is 93.4 Å². The van der Waals surface area contributed by atoms with Crippen LogP contribution in [0.15, 0.2) is 200 Å². The highest BCUT2D eigenvalue weighted by Crippen LogP contribution is 2.53. The molecule has 0 spiro atoms. The molecule has 1 N–H and O–H groups in total. The summed E-state index contributed by atoms with van der Waals surface area (Å²) < 4.78 is 2.69. The molecule has 0 saturated carbocycles. The summed E-state index contributed by atoms with van der Waals surface area (Å²) >= 11 is 0. The van der Waals surface area contributed by atoms with Crippen LogP contribution in [0.5, 0.6) is 0 Å². The molecule has 3 aromatic rings. The van der Waals surface area contributed by atoms with Crippen LogP contribution in [-0.4, -0.2) is 22.0 Å². The SMILES string of the molecule is C=CC1=C2C(=C=CC=C1B(c1ccc3c4c(cccc14)C1=C4C(=CC=CC43)CC=C1)[N+]1=C(C)C(CC)=C(C)C1=Cc1[nH]c(C)c(CC)c1C)C1C=CC=C3CC=CC(=C31)/C2=C/C. The van der Waals surface area contributed by atoms with Gasteiger partial charge < -0.3 is 4.98 Å². The van der Waals surface area contributed by atoms with E-state index >= 15 is 0 Å². The average molecular weight is 802 g/mol. The van der Waals surface area contributed by atoms with Crippen LogP contribution in [0.4, 0.5) is 0 Å². The number of hydrogen-bond acceptors (Lipinski definition) is 0. The summed E-state index contributed by atoms with van der Waals surface area (Å²) in [5, 5.41) is 2.69. The molecule has 7 aliphatic carbocycles. The van der Waals surface area contributed by atoms with Crippen molar-refractivity contribution in [3.63, 3.8) is 0 Å². The van der Waals surface area contributed by atoms with Gasteiger partial charge in [-0.15, -0.1) is 5.73 Å². The zero-order valence-corrected chi connectivity index (χ0v) is 37.3. The van der Waals surface area contributed by atoms with E-state index in [1.165, 1.54) is 134 Å². The maximum absolute atomic E-state index is 4.67. The highest BCUT2D eigenvalue weighted by Gasteiger charge is 2.49. The van der Waals surface area contributed by atoms with E-state index in [0.717, 1.165) is 25.7 Å². The number of aromatic nitrogens is 1. The molecule has 302 valence electrons. The van der Waals surface area contributed by atoms with Crippen LogP contribution in [0.2, 0.25) is 0 Å². The van der Waals surface area contributed by atoms with Gasteiger partial charge in [-0.1, -0.05) is 130 Å². The molecule has 62 heavy (non-hydrogen) atoms. The zero-order chi connectivity index (χ0) is 42.6. The summed E-state index contributed by atoms with van der Waals surface area (Å²) in [6.45, 7) is 20.5. The highest BCUT2D eigenvalue weighted by atomic mass is 15.0. The Bertz CT molecular complexity index is 3170. The number of hydrogen-bond donors (Lipinski definition) is 1. The first-order valence-electron chi connectivity index (χ1n) is 22.9. The third-order valence-corrected chi connectivity index (χ3v) is 15.1. The number of H-pyrrole nitrogens is 1. The predicted molar refractivity (Wildman–Crippen MR) is 264 cm³/mol. The fraction of sp³-hybridized carbons (Fsp3) is 0.220. The largest absolute Gasteiger partial charge is 0.560 e. The van der Waals surface area contributed by atoms with E-state index in [4.69, 9.17) is 0 Å². The van der Waals surface area contributed by atoms with Gasteiger partial charge >= 0.3 is 6.85 Å². The van der Waals surface area contributed by atoms with Gasteiger partial charge in [0, 0.05) is 69.5 Å². The minimum Gasteiger partial charge on any atom is -0.358 e. The first-order valence-corrected chi connectivity index (χ1v) is 22.9. The molecule has 0 amide bonds. The molecule has 0 radical (unpaired) electrons. The summed E-state index contributed by atoms with van der Waals surface area (Å²) in [6, 6.07) is 12.0. The van der Waals surface area contributed by atoms with Crippen molar-refractivity contribution in [2.45, 2.75) is 80.1 Å². The van der Waals surface area contributed by atoms with Gasteiger partial charge in [-0.3, -0.25) is 4.49 Å². The van der Waals surface area contributed by atoms with E-state index in [2.05, 4.69) is 192 Å². The lowest BCUT2D eigenvalue weighted by Crippen LogP contribution is -2.46. The molecular weight excluding hydrogens is 747 g/mol. The molecule has 1 aromatic heterocycles. The molecule has 2 nitrogen and oxygen atoms in total. The maximum Gasteiger partial charge on any atom is 0.560 e. The van der Waals surface area contributed by atoms with Crippen molar-refractivity contribution in [2.24, 2.45) is 5.92 Å². The molecule has 2 heterocycles. The number of benzene rings is 2. The quantitative estimate of drug-likeness (QED) is 0.181. The third kappa shape index (κ3) is 5.34. The lowest BCUT2D eigenvalue weighted by Gasteiger charge is -2.37. The van der Waals surface area contributed by atoms with Crippen molar-refractivity contribution in [3.8, 4) is 0 Å². The molecule has 3 heteroatoms. The van der Waals surface area contributed by atoms with Gasteiger partial charge in [-0.2, -0.15) is 0 Å². The monoisotopic (exact) mass is 801 g/mol. The highest BCUT2D eigenvalue weighted by molar-refractivity contribution is 6.77. The summed E-state index contributed by atoms with van der Waals surface area (Å²) in [6.07, 6.45) is 38.9. The average Bonchev–Trinajstić information content (AvgIpc) is 3.59. The molecule has 1 aliphatic heterocycles. The molecule has 2 unspecified atom stereocenters. The number of rotatable bonds is 7. The summed E-state index contributed by atoms with van der Waals surface area (Å²) in [4.78, 5) is 3.82.